The highest BCUT2D eigenvalue weighted by Crippen LogP contribution is 2.32. The summed E-state index contributed by atoms with van der Waals surface area (Å²) < 4.78 is 0. The summed E-state index contributed by atoms with van der Waals surface area (Å²) in [5.74, 6) is 2.19. The molecule has 0 radical (unpaired) electrons. The number of thioether (sulfide) groups is 1. The van der Waals surface area contributed by atoms with Gasteiger partial charge in [-0.2, -0.15) is 0 Å². The van der Waals surface area contributed by atoms with Gasteiger partial charge in [0.05, 0.1) is 0 Å². The SMILES string of the molecule is CN(C)CCCN=C1NC2CCCC2CS1. The van der Waals surface area contributed by atoms with Crippen LogP contribution >= 0.6 is 11.8 Å². The molecule has 92 valence electrons. The smallest absolute Gasteiger partial charge is 0.156 e. The first kappa shape index (κ1) is 12.2. The molecule has 2 atom stereocenters. The molecule has 1 N–H and O–H groups in total. The maximum atomic E-state index is 4.66. The summed E-state index contributed by atoms with van der Waals surface area (Å²) in [5.41, 5.74) is 0. The zero-order valence-corrected chi connectivity index (χ0v) is 11.2. The van der Waals surface area contributed by atoms with Crippen LogP contribution in [0.1, 0.15) is 25.7 Å². The van der Waals surface area contributed by atoms with Crippen LogP contribution in [0.2, 0.25) is 0 Å². The van der Waals surface area contributed by atoms with E-state index in [2.05, 4.69) is 29.3 Å². The molecule has 0 spiro atoms. The van der Waals surface area contributed by atoms with Gasteiger partial charge in [-0.15, -0.1) is 0 Å². The van der Waals surface area contributed by atoms with E-state index in [0.29, 0.717) is 0 Å². The molecule has 0 bridgehead atoms. The maximum Gasteiger partial charge on any atom is 0.156 e. The molecule has 1 heterocycles. The monoisotopic (exact) mass is 241 g/mol. The van der Waals surface area contributed by atoms with Crippen LogP contribution in [-0.4, -0.2) is 49.0 Å². The summed E-state index contributed by atoms with van der Waals surface area (Å²) in [4.78, 5) is 6.87. The van der Waals surface area contributed by atoms with E-state index in [9.17, 15) is 0 Å². The fraction of sp³-hybridized carbons (Fsp3) is 0.917. The molecule has 0 aromatic heterocycles. The number of hydrogen-bond acceptors (Lipinski definition) is 3. The average molecular weight is 241 g/mol. The zero-order valence-electron chi connectivity index (χ0n) is 10.4. The molecule has 2 rings (SSSR count). The number of nitrogens with zero attached hydrogens (tertiary/aromatic N) is 2. The second kappa shape index (κ2) is 5.92. The van der Waals surface area contributed by atoms with Gasteiger partial charge in [0.2, 0.25) is 0 Å². The summed E-state index contributed by atoms with van der Waals surface area (Å²) in [7, 11) is 4.23. The molecule has 1 aliphatic carbocycles. The minimum atomic E-state index is 0.730. The first-order valence-electron chi connectivity index (χ1n) is 6.34. The molecule has 3 nitrogen and oxygen atoms in total. The van der Waals surface area contributed by atoms with E-state index in [0.717, 1.165) is 31.5 Å². The van der Waals surface area contributed by atoms with Crippen molar-refractivity contribution in [1.29, 1.82) is 0 Å². The normalized spacial score (nSPS) is 31.8. The fourth-order valence-corrected chi connectivity index (χ4v) is 3.66. The van der Waals surface area contributed by atoms with Crippen molar-refractivity contribution < 1.29 is 0 Å². The molecule has 1 saturated heterocycles. The number of rotatable bonds is 4. The van der Waals surface area contributed by atoms with Crippen molar-refractivity contribution in [3.8, 4) is 0 Å². The van der Waals surface area contributed by atoms with Crippen LogP contribution in [0.15, 0.2) is 4.99 Å². The van der Waals surface area contributed by atoms with E-state index in [4.69, 9.17) is 0 Å². The van der Waals surface area contributed by atoms with Gasteiger partial charge < -0.3 is 10.2 Å². The van der Waals surface area contributed by atoms with Gasteiger partial charge >= 0.3 is 0 Å². The Morgan fingerprint density at radius 1 is 1.44 bits per heavy atom. The van der Waals surface area contributed by atoms with Crippen LogP contribution < -0.4 is 5.32 Å². The Morgan fingerprint density at radius 3 is 3.12 bits per heavy atom. The Kier molecular flexibility index (Phi) is 4.53. The Labute approximate surface area is 103 Å². The van der Waals surface area contributed by atoms with Gasteiger partial charge in [0.1, 0.15) is 0 Å². The Morgan fingerprint density at radius 2 is 2.31 bits per heavy atom. The van der Waals surface area contributed by atoms with Gasteiger partial charge in [-0.05, 0) is 45.8 Å². The lowest BCUT2D eigenvalue weighted by Gasteiger charge is -2.28. The quantitative estimate of drug-likeness (QED) is 0.761. The van der Waals surface area contributed by atoms with Crippen molar-refractivity contribution in [3.05, 3.63) is 0 Å². The minimum Gasteiger partial charge on any atom is -0.362 e. The van der Waals surface area contributed by atoms with Crippen molar-refractivity contribution in [2.45, 2.75) is 31.7 Å². The standard InChI is InChI=1S/C12H23N3S/c1-15(2)8-4-7-13-12-14-11-6-3-5-10(11)9-16-12/h10-11H,3-9H2,1-2H3,(H,13,14). The first-order valence-corrected chi connectivity index (χ1v) is 7.33. The van der Waals surface area contributed by atoms with Gasteiger partial charge in [0.25, 0.3) is 0 Å². The second-order valence-electron chi connectivity index (χ2n) is 5.10. The molecular weight excluding hydrogens is 218 g/mol. The van der Waals surface area contributed by atoms with Crippen LogP contribution in [-0.2, 0) is 0 Å². The average Bonchev–Trinajstić information content (AvgIpc) is 2.71. The largest absolute Gasteiger partial charge is 0.362 e. The third-order valence-electron chi connectivity index (χ3n) is 3.42. The number of fused-ring (bicyclic) bond motifs is 1. The fourth-order valence-electron chi connectivity index (χ4n) is 2.47. The van der Waals surface area contributed by atoms with Crippen LogP contribution in [0.4, 0.5) is 0 Å². The number of aliphatic imine (C=N–C) groups is 1. The van der Waals surface area contributed by atoms with Gasteiger partial charge in [-0.1, -0.05) is 18.2 Å². The lowest BCUT2D eigenvalue weighted by molar-refractivity contribution is 0.403. The van der Waals surface area contributed by atoms with Crippen molar-refractivity contribution in [2.75, 3.05) is 32.9 Å². The number of nitrogens with one attached hydrogen (secondary N) is 1. The highest BCUT2D eigenvalue weighted by molar-refractivity contribution is 8.13. The summed E-state index contributed by atoms with van der Waals surface area (Å²) in [6, 6.07) is 0.730. The molecule has 1 aliphatic heterocycles. The molecule has 4 heteroatoms. The summed E-state index contributed by atoms with van der Waals surface area (Å²) in [6.45, 7) is 2.10. The molecule has 1 saturated carbocycles. The summed E-state index contributed by atoms with van der Waals surface area (Å²) >= 11 is 1.92. The van der Waals surface area contributed by atoms with E-state index < -0.39 is 0 Å². The lowest BCUT2D eigenvalue weighted by Crippen LogP contribution is -2.41. The second-order valence-corrected chi connectivity index (χ2v) is 6.11. The molecule has 16 heavy (non-hydrogen) atoms. The minimum absolute atomic E-state index is 0.730. The Balaban J connectivity index is 1.71. The molecule has 2 fully saturated rings. The summed E-state index contributed by atoms with van der Waals surface area (Å²) in [6.07, 6.45) is 5.32. The lowest BCUT2D eigenvalue weighted by atomic mass is 10.1. The van der Waals surface area contributed by atoms with E-state index in [1.807, 2.05) is 11.8 Å². The highest BCUT2D eigenvalue weighted by Gasteiger charge is 2.31. The Hall–Kier alpha value is -0.220. The van der Waals surface area contributed by atoms with Crippen LogP contribution in [0.25, 0.3) is 0 Å². The summed E-state index contributed by atoms with van der Waals surface area (Å²) in [5, 5.41) is 4.80. The zero-order chi connectivity index (χ0) is 11.4. The van der Waals surface area contributed by atoms with Crippen molar-refractivity contribution in [1.82, 2.24) is 10.2 Å². The van der Waals surface area contributed by atoms with Gasteiger partial charge in [-0.25, -0.2) is 0 Å². The maximum absolute atomic E-state index is 4.66. The van der Waals surface area contributed by atoms with Crippen LogP contribution in [0.3, 0.4) is 0 Å². The molecule has 2 unspecified atom stereocenters. The molecule has 0 amide bonds. The van der Waals surface area contributed by atoms with Gasteiger partial charge in [0, 0.05) is 18.3 Å². The highest BCUT2D eigenvalue weighted by atomic mass is 32.2. The van der Waals surface area contributed by atoms with Crippen LogP contribution in [0.5, 0.6) is 0 Å². The molecular formula is C12H23N3S. The van der Waals surface area contributed by atoms with E-state index in [1.54, 1.807) is 0 Å². The van der Waals surface area contributed by atoms with Gasteiger partial charge in [-0.3, -0.25) is 4.99 Å². The molecule has 0 aromatic rings. The first-order chi connectivity index (χ1) is 7.75. The number of amidine groups is 1. The van der Waals surface area contributed by atoms with Crippen molar-refractivity contribution in [3.63, 3.8) is 0 Å². The third-order valence-corrected chi connectivity index (χ3v) is 4.54. The molecule has 0 aromatic carbocycles. The van der Waals surface area contributed by atoms with Crippen molar-refractivity contribution >= 4 is 16.9 Å². The predicted molar refractivity (Wildman–Crippen MR) is 72.2 cm³/mol. The van der Waals surface area contributed by atoms with Crippen LogP contribution in [0, 0.1) is 5.92 Å². The van der Waals surface area contributed by atoms with E-state index in [-0.39, 0.29) is 0 Å². The Bertz CT molecular complexity index is 253. The number of hydrogen-bond donors (Lipinski definition) is 1. The van der Waals surface area contributed by atoms with E-state index >= 15 is 0 Å². The topological polar surface area (TPSA) is 27.6 Å². The predicted octanol–water partition coefficient (Wildman–Crippen LogP) is 1.80. The van der Waals surface area contributed by atoms with E-state index in [1.165, 1.54) is 30.2 Å². The van der Waals surface area contributed by atoms with Crippen molar-refractivity contribution in [2.24, 2.45) is 10.9 Å². The molecule has 2 aliphatic rings. The van der Waals surface area contributed by atoms with Gasteiger partial charge in [0.15, 0.2) is 5.17 Å². The third kappa shape index (κ3) is 3.39.